The molecule has 0 bridgehead atoms. The second-order valence-electron chi connectivity index (χ2n) is 9.70. The Morgan fingerprint density at radius 1 is 1.20 bits per heavy atom. The summed E-state index contributed by atoms with van der Waals surface area (Å²) >= 11 is 0. The molecular formula is C28H32N5O2+. The minimum absolute atomic E-state index is 0.0627. The maximum absolute atomic E-state index is 6.53. The van der Waals surface area contributed by atoms with Crippen LogP contribution in [0.5, 0.6) is 0 Å². The zero-order valence-corrected chi connectivity index (χ0v) is 20.4. The first-order valence-electron chi connectivity index (χ1n) is 12.4. The van der Waals surface area contributed by atoms with Gasteiger partial charge < -0.3 is 10.5 Å². The number of nitrogens with two attached hydrogens (primary N) is 1. The van der Waals surface area contributed by atoms with E-state index in [2.05, 4.69) is 64.8 Å². The van der Waals surface area contributed by atoms with Crippen LogP contribution in [0.2, 0.25) is 0 Å². The van der Waals surface area contributed by atoms with Crippen molar-refractivity contribution in [3.8, 4) is 0 Å². The molecule has 1 aromatic heterocycles. The maximum Gasteiger partial charge on any atom is 0.335 e. The molecule has 0 spiro atoms. The third-order valence-corrected chi connectivity index (χ3v) is 7.68. The maximum atomic E-state index is 6.53. The summed E-state index contributed by atoms with van der Waals surface area (Å²) in [5.74, 6) is 0.750. The number of benzene rings is 1. The van der Waals surface area contributed by atoms with Crippen LogP contribution in [0.4, 0.5) is 0 Å². The molecule has 0 saturated carbocycles. The molecule has 2 N–H and O–H groups in total. The Morgan fingerprint density at radius 2 is 2.06 bits per heavy atom. The molecule has 0 radical (unpaired) electrons. The fourth-order valence-corrected chi connectivity index (χ4v) is 5.99. The van der Waals surface area contributed by atoms with Crippen molar-refractivity contribution < 1.29 is 14.2 Å². The van der Waals surface area contributed by atoms with Crippen molar-refractivity contribution >= 4 is 11.9 Å². The average Bonchev–Trinajstić information content (AvgIpc) is 3.26. The van der Waals surface area contributed by atoms with E-state index in [1.807, 2.05) is 6.20 Å². The normalized spacial score (nSPS) is 27.6. The zero-order valence-electron chi connectivity index (χ0n) is 20.4. The molecule has 3 unspecified atom stereocenters. The van der Waals surface area contributed by atoms with Gasteiger partial charge >= 0.3 is 5.88 Å². The second kappa shape index (κ2) is 8.84. The lowest BCUT2D eigenvalue weighted by molar-refractivity contribution is -0.962. The highest BCUT2D eigenvalue weighted by atomic mass is 16.7. The minimum Gasteiger partial charge on any atom is -0.452 e. The molecule has 7 nitrogen and oxygen atoms in total. The summed E-state index contributed by atoms with van der Waals surface area (Å²) in [6.07, 6.45) is 14.3. The molecule has 3 aliphatic heterocycles. The summed E-state index contributed by atoms with van der Waals surface area (Å²) in [6, 6.07) is 10.8. The van der Waals surface area contributed by atoms with E-state index in [0.717, 1.165) is 66.5 Å². The number of fused-ring (bicyclic) bond motifs is 3. The van der Waals surface area contributed by atoms with Crippen LogP contribution >= 0.6 is 0 Å². The molecule has 1 aliphatic carbocycles. The number of quaternary nitrogens is 1. The van der Waals surface area contributed by atoms with Crippen LogP contribution in [0.3, 0.4) is 0 Å². The summed E-state index contributed by atoms with van der Waals surface area (Å²) in [5.41, 5.74) is 12.3. The molecule has 1 saturated heterocycles. The van der Waals surface area contributed by atoms with Gasteiger partial charge in [-0.15, -0.1) is 0 Å². The Balaban J connectivity index is 1.57. The average molecular weight is 471 g/mol. The van der Waals surface area contributed by atoms with E-state index < -0.39 is 0 Å². The largest absolute Gasteiger partial charge is 0.452 e. The fraction of sp³-hybridized carbons (Fsp3) is 0.357. The van der Waals surface area contributed by atoms with Gasteiger partial charge in [0.05, 0.1) is 42.6 Å². The van der Waals surface area contributed by atoms with Crippen molar-refractivity contribution in [1.82, 2.24) is 15.1 Å². The number of ether oxygens (including phenoxy) is 1. The van der Waals surface area contributed by atoms with Crippen molar-refractivity contribution in [2.24, 2.45) is 5.73 Å². The summed E-state index contributed by atoms with van der Waals surface area (Å²) in [6.45, 7) is 1.77. The number of nitrogens with zero attached hydrogens (tertiary/aromatic N) is 4. The van der Waals surface area contributed by atoms with Gasteiger partial charge in [0.2, 0.25) is 0 Å². The molecule has 2 aromatic rings. The Bertz CT molecular complexity index is 1360. The van der Waals surface area contributed by atoms with E-state index in [0.29, 0.717) is 0 Å². The number of aromatic nitrogens is 2. The van der Waals surface area contributed by atoms with Gasteiger partial charge in [-0.05, 0) is 36.8 Å². The molecule has 35 heavy (non-hydrogen) atoms. The Morgan fingerprint density at radius 3 is 2.86 bits per heavy atom. The van der Waals surface area contributed by atoms with Crippen LogP contribution in [0.25, 0.3) is 11.9 Å². The topological polar surface area (TPSA) is 73.5 Å². The lowest BCUT2D eigenvalue weighted by Gasteiger charge is -2.38. The van der Waals surface area contributed by atoms with Gasteiger partial charge in [0, 0.05) is 30.8 Å². The van der Waals surface area contributed by atoms with Crippen LogP contribution in [-0.2, 0) is 16.1 Å². The summed E-state index contributed by atoms with van der Waals surface area (Å²) in [5, 5.41) is 11.4. The SMILES string of the molecule is COC1=CC2=C(C=CCC2)C2=c3c(C4CC(N)CCN4Cc4ccccc4)nncc3=C[N+]12OC. The number of hydrogen-bond donors (Lipinski definition) is 1. The number of hydrogen-bond acceptors (Lipinski definition) is 6. The number of rotatable bonds is 5. The monoisotopic (exact) mass is 470 g/mol. The minimum atomic E-state index is 0.0627. The molecular weight excluding hydrogens is 438 g/mol. The highest BCUT2D eigenvalue weighted by Crippen LogP contribution is 2.44. The van der Waals surface area contributed by atoms with E-state index in [9.17, 15) is 0 Å². The molecule has 180 valence electrons. The Hall–Kier alpha value is -3.10. The lowest BCUT2D eigenvalue weighted by Crippen LogP contribution is -2.46. The van der Waals surface area contributed by atoms with Gasteiger partial charge in [0.15, 0.2) is 11.9 Å². The molecule has 7 heteroatoms. The Kier molecular flexibility index (Phi) is 5.65. The van der Waals surface area contributed by atoms with Gasteiger partial charge in [0.25, 0.3) is 0 Å². The Labute approximate surface area is 205 Å². The standard InChI is InChI=1S/C28H32N5O2/c1-34-25-14-20-10-6-7-11-23(20)28-26-21(18-33(25,28)35-2)16-30-31-27(26)24-15-22(29)12-13-32(24)17-19-8-4-3-5-9-19/h3-5,7-9,11,14,16,18,22,24H,6,10,12-13,15,17,29H2,1-2H3/q+1. The van der Waals surface area contributed by atoms with Crippen molar-refractivity contribution in [3.63, 3.8) is 0 Å². The molecule has 1 fully saturated rings. The highest BCUT2D eigenvalue weighted by Gasteiger charge is 2.50. The summed E-state index contributed by atoms with van der Waals surface area (Å²) in [4.78, 5) is 8.72. The first kappa shape index (κ1) is 22.4. The van der Waals surface area contributed by atoms with Gasteiger partial charge in [0.1, 0.15) is 0 Å². The van der Waals surface area contributed by atoms with Crippen LogP contribution in [0.15, 0.2) is 71.8 Å². The van der Waals surface area contributed by atoms with E-state index in [-0.39, 0.29) is 16.7 Å². The van der Waals surface area contributed by atoms with Gasteiger partial charge in [-0.2, -0.15) is 15.0 Å². The highest BCUT2D eigenvalue weighted by molar-refractivity contribution is 5.73. The molecule has 6 rings (SSSR count). The third-order valence-electron chi connectivity index (χ3n) is 7.68. The number of hydroxylamine groups is 3. The van der Waals surface area contributed by atoms with Crippen LogP contribution < -0.4 is 16.2 Å². The quantitative estimate of drug-likeness (QED) is 0.677. The van der Waals surface area contributed by atoms with Crippen molar-refractivity contribution in [1.29, 1.82) is 0 Å². The number of methoxy groups -OCH3 is 1. The van der Waals surface area contributed by atoms with Gasteiger partial charge in [-0.1, -0.05) is 47.1 Å². The predicted octanol–water partition coefficient (Wildman–Crippen LogP) is 2.53. The van der Waals surface area contributed by atoms with Gasteiger partial charge in [-0.25, -0.2) is 0 Å². The van der Waals surface area contributed by atoms with E-state index in [4.69, 9.17) is 20.4 Å². The second-order valence-corrected chi connectivity index (χ2v) is 9.70. The fourth-order valence-electron chi connectivity index (χ4n) is 5.99. The molecule has 4 heterocycles. The molecule has 4 aliphatic rings. The first-order valence-corrected chi connectivity index (χ1v) is 12.4. The third kappa shape index (κ3) is 3.58. The van der Waals surface area contributed by atoms with E-state index >= 15 is 0 Å². The van der Waals surface area contributed by atoms with Crippen molar-refractivity contribution in [3.05, 3.63) is 93.5 Å². The number of piperidine rings is 1. The van der Waals surface area contributed by atoms with Crippen molar-refractivity contribution in [2.75, 3.05) is 20.8 Å². The van der Waals surface area contributed by atoms with Crippen LogP contribution in [0, 0.1) is 0 Å². The summed E-state index contributed by atoms with van der Waals surface area (Å²) in [7, 11) is 3.44. The molecule has 0 amide bonds. The number of likely N-dealkylation sites (tertiary alicyclic amines) is 1. The van der Waals surface area contributed by atoms with Gasteiger partial charge in [-0.3, -0.25) is 4.90 Å². The smallest absolute Gasteiger partial charge is 0.335 e. The first-order chi connectivity index (χ1) is 17.1. The predicted molar refractivity (Wildman–Crippen MR) is 134 cm³/mol. The lowest BCUT2D eigenvalue weighted by atomic mass is 9.89. The van der Waals surface area contributed by atoms with Crippen molar-refractivity contribution in [2.45, 2.75) is 44.3 Å². The number of allylic oxidation sites excluding steroid dienone is 3. The van der Waals surface area contributed by atoms with Crippen LogP contribution in [0.1, 0.15) is 43.0 Å². The van der Waals surface area contributed by atoms with Crippen LogP contribution in [-0.4, -0.2) is 46.5 Å². The summed E-state index contributed by atoms with van der Waals surface area (Å²) < 4.78 is 5.99. The van der Waals surface area contributed by atoms with E-state index in [1.165, 1.54) is 16.7 Å². The zero-order chi connectivity index (χ0) is 24.0. The van der Waals surface area contributed by atoms with E-state index in [1.54, 1.807) is 14.2 Å². The molecule has 1 aromatic carbocycles. The molecule has 3 atom stereocenters.